The summed E-state index contributed by atoms with van der Waals surface area (Å²) in [5.41, 5.74) is 0.287. The van der Waals surface area contributed by atoms with Gasteiger partial charge in [-0.25, -0.2) is 17.8 Å². The highest BCUT2D eigenvalue weighted by molar-refractivity contribution is 7.89. The minimum Gasteiger partial charge on any atom is -0.455 e. The van der Waals surface area contributed by atoms with Crippen molar-refractivity contribution in [3.63, 3.8) is 0 Å². The molecule has 11 heteroatoms. The summed E-state index contributed by atoms with van der Waals surface area (Å²) in [6, 6.07) is 7.63. The van der Waals surface area contributed by atoms with Crippen LogP contribution in [0.5, 0.6) is 0 Å². The summed E-state index contributed by atoms with van der Waals surface area (Å²) in [4.78, 5) is 28.1. The van der Waals surface area contributed by atoms with E-state index in [0.29, 0.717) is 12.8 Å². The van der Waals surface area contributed by atoms with Crippen LogP contribution in [0.2, 0.25) is 5.15 Å². The Morgan fingerprint density at radius 2 is 2.00 bits per heavy atom. The maximum absolute atomic E-state index is 13.1. The molecule has 0 bridgehead atoms. The molecule has 0 saturated carbocycles. The summed E-state index contributed by atoms with van der Waals surface area (Å²) >= 11 is 5.85. The molecule has 0 aliphatic carbocycles. The van der Waals surface area contributed by atoms with Gasteiger partial charge in [0.25, 0.3) is 5.91 Å². The van der Waals surface area contributed by atoms with Gasteiger partial charge in [-0.1, -0.05) is 11.6 Å². The quantitative estimate of drug-likeness (QED) is 0.529. The number of carbonyl (C=O) groups is 2. The molecule has 1 aliphatic heterocycles. The van der Waals surface area contributed by atoms with E-state index < -0.39 is 40.2 Å². The van der Waals surface area contributed by atoms with E-state index in [-0.39, 0.29) is 28.8 Å². The number of nitrogens with one attached hydrogen (secondary N) is 1. The second-order valence-electron chi connectivity index (χ2n) is 6.65. The zero-order valence-corrected chi connectivity index (χ0v) is 17.3. The highest BCUT2D eigenvalue weighted by atomic mass is 35.5. The molecule has 1 fully saturated rings. The normalized spacial score (nSPS) is 17.3. The largest absolute Gasteiger partial charge is 0.455 e. The molecule has 1 aromatic carbocycles. The number of benzene rings is 1. The van der Waals surface area contributed by atoms with Gasteiger partial charge in [-0.3, -0.25) is 9.59 Å². The number of sulfonamides is 1. The summed E-state index contributed by atoms with van der Waals surface area (Å²) in [7, 11) is -3.86. The van der Waals surface area contributed by atoms with Crippen molar-refractivity contribution in [3.8, 4) is 0 Å². The van der Waals surface area contributed by atoms with Crippen molar-refractivity contribution in [1.29, 1.82) is 0 Å². The topological polar surface area (TPSA) is 106 Å². The van der Waals surface area contributed by atoms with Gasteiger partial charge >= 0.3 is 5.97 Å². The van der Waals surface area contributed by atoms with Crippen LogP contribution in [0.3, 0.4) is 0 Å². The molecule has 8 nitrogen and oxygen atoms in total. The van der Waals surface area contributed by atoms with Crippen molar-refractivity contribution in [2.45, 2.75) is 17.7 Å². The number of carbonyl (C=O) groups excluding carboxylic acids is 2. The number of piperidine rings is 1. The van der Waals surface area contributed by atoms with Gasteiger partial charge in [-0.2, -0.15) is 4.31 Å². The number of ether oxygens (including phenoxy) is 1. The maximum atomic E-state index is 13.1. The van der Waals surface area contributed by atoms with Gasteiger partial charge in [0, 0.05) is 19.3 Å². The molecule has 2 aromatic rings. The van der Waals surface area contributed by atoms with Crippen LogP contribution in [0.4, 0.5) is 10.1 Å². The third-order valence-corrected chi connectivity index (χ3v) is 6.73. The lowest BCUT2D eigenvalue weighted by molar-refractivity contribution is -0.152. The summed E-state index contributed by atoms with van der Waals surface area (Å²) < 4.78 is 44.8. The number of anilines is 1. The highest BCUT2D eigenvalue weighted by Gasteiger charge is 2.34. The van der Waals surface area contributed by atoms with Crippen LogP contribution in [0.25, 0.3) is 0 Å². The molecule has 2 heterocycles. The van der Waals surface area contributed by atoms with E-state index in [0.717, 1.165) is 12.1 Å². The lowest BCUT2D eigenvalue weighted by Crippen LogP contribution is -2.43. The number of nitrogens with zero attached hydrogens (tertiary/aromatic N) is 2. The van der Waals surface area contributed by atoms with Crippen molar-refractivity contribution >= 4 is 39.2 Å². The molecular formula is C19H19ClFN3O5S. The van der Waals surface area contributed by atoms with E-state index >= 15 is 0 Å². The first-order valence-electron chi connectivity index (χ1n) is 9.10. The van der Waals surface area contributed by atoms with Crippen LogP contribution >= 0.6 is 11.6 Å². The van der Waals surface area contributed by atoms with Gasteiger partial charge in [0.1, 0.15) is 5.82 Å². The average molecular weight is 456 g/mol. The van der Waals surface area contributed by atoms with Crippen molar-refractivity contribution in [2.75, 3.05) is 25.0 Å². The molecule has 1 N–H and O–H groups in total. The van der Waals surface area contributed by atoms with E-state index in [1.54, 1.807) is 12.1 Å². The Kier molecular flexibility index (Phi) is 7.01. The lowest BCUT2D eigenvalue weighted by atomic mass is 10.00. The minimum atomic E-state index is -3.86. The molecule has 30 heavy (non-hydrogen) atoms. The zero-order valence-electron chi connectivity index (χ0n) is 15.8. The van der Waals surface area contributed by atoms with E-state index in [2.05, 4.69) is 10.3 Å². The summed E-state index contributed by atoms with van der Waals surface area (Å²) in [5, 5.41) is 2.58. The number of hydrogen-bond acceptors (Lipinski definition) is 6. The van der Waals surface area contributed by atoms with Crippen LogP contribution in [0.1, 0.15) is 12.8 Å². The average Bonchev–Trinajstić information content (AvgIpc) is 2.74. The molecule has 0 spiro atoms. The van der Waals surface area contributed by atoms with Crippen LogP contribution in [-0.4, -0.2) is 49.3 Å². The van der Waals surface area contributed by atoms with Gasteiger partial charge in [0.2, 0.25) is 10.0 Å². The predicted molar refractivity (Wildman–Crippen MR) is 107 cm³/mol. The number of halogens is 2. The summed E-state index contributed by atoms with van der Waals surface area (Å²) in [6.45, 7) is -0.372. The molecular weight excluding hydrogens is 437 g/mol. The lowest BCUT2D eigenvalue weighted by Gasteiger charge is -2.30. The first-order chi connectivity index (χ1) is 14.3. The Labute approximate surface area is 178 Å². The zero-order chi connectivity index (χ0) is 21.7. The van der Waals surface area contributed by atoms with E-state index in [1.807, 2.05) is 0 Å². The first-order valence-corrected chi connectivity index (χ1v) is 10.9. The fraction of sp³-hybridized carbons (Fsp3) is 0.316. The Morgan fingerprint density at radius 3 is 2.70 bits per heavy atom. The van der Waals surface area contributed by atoms with Gasteiger partial charge in [0.15, 0.2) is 11.8 Å². The van der Waals surface area contributed by atoms with Crippen LogP contribution in [0, 0.1) is 11.7 Å². The van der Waals surface area contributed by atoms with Crippen LogP contribution in [-0.2, 0) is 24.3 Å². The monoisotopic (exact) mass is 455 g/mol. The van der Waals surface area contributed by atoms with Crippen molar-refractivity contribution in [3.05, 3.63) is 53.6 Å². The first kappa shape index (κ1) is 22.1. The standard InChI is InChI=1S/C19H19ClFN3O5S/c20-18-16(4-1-9-22-18)23-17(25)12-29-19(26)13-3-2-10-24(11-13)30(27,28)15-7-5-14(21)6-8-15/h1,4-9,13H,2-3,10-12H2,(H,23,25). The Morgan fingerprint density at radius 1 is 1.27 bits per heavy atom. The maximum Gasteiger partial charge on any atom is 0.310 e. The summed E-state index contributed by atoms with van der Waals surface area (Å²) in [6.07, 6.45) is 2.36. The number of hydrogen-bond donors (Lipinski definition) is 1. The second kappa shape index (κ2) is 9.50. The number of rotatable bonds is 6. The molecule has 1 atom stereocenters. The van der Waals surface area contributed by atoms with Gasteiger partial charge in [0.05, 0.1) is 16.5 Å². The molecule has 3 rings (SSSR count). The van der Waals surface area contributed by atoms with E-state index in [1.165, 1.54) is 22.6 Å². The van der Waals surface area contributed by atoms with Crippen molar-refractivity contribution in [2.24, 2.45) is 5.92 Å². The smallest absolute Gasteiger partial charge is 0.310 e. The molecule has 1 unspecified atom stereocenters. The Balaban J connectivity index is 1.57. The second-order valence-corrected chi connectivity index (χ2v) is 8.95. The SMILES string of the molecule is O=C(COC(=O)C1CCCN(S(=O)(=O)c2ccc(F)cc2)C1)Nc1cccnc1Cl. The van der Waals surface area contributed by atoms with Crippen LogP contribution < -0.4 is 5.32 Å². The highest BCUT2D eigenvalue weighted by Crippen LogP contribution is 2.25. The summed E-state index contributed by atoms with van der Waals surface area (Å²) in [5.74, 6) is -2.50. The third kappa shape index (κ3) is 5.32. The fourth-order valence-electron chi connectivity index (χ4n) is 3.03. The third-order valence-electron chi connectivity index (χ3n) is 4.55. The molecule has 1 saturated heterocycles. The van der Waals surface area contributed by atoms with Crippen molar-refractivity contribution < 1.29 is 27.1 Å². The molecule has 1 aromatic heterocycles. The Hall–Kier alpha value is -2.56. The predicted octanol–water partition coefficient (Wildman–Crippen LogP) is 2.46. The molecule has 160 valence electrons. The number of amides is 1. The number of pyridine rings is 1. The van der Waals surface area contributed by atoms with E-state index in [4.69, 9.17) is 16.3 Å². The molecule has 1 amide bonds. The van der Waals surface area contributed by atoms with Crippen molar-refractivity contribution in [1.82, 2.24) is 9.29 Å². The van der Waals surface area contributed by atoms with Gasteiger partial charge in [-0.15, -0.1) is 0 Å². The number of esters is 1. The minimum absolute atomic E-state index is 0.0503. The molecule has 0 radical (unpaired) electrons. The van der Waals surface area contributed by atoms with E-state index in [9.17, 15) is 22.4 Å². The Bertz CT molecular complexity index is 1030. The van der Waals surface area contributed by atoms with Gasteiger partial charge in [-0.05, 0) is 49.2 Å². The van der Waals surface area contributed by atoms with Crippen LogP contribution in [0.15, 0.2) is 47.5 Å². The fourth-order valence-corrected chi connectivity index (χ4v) is 4.72. The number of aromatic nitrogens is 1. The van der Waals surface area contributed by atoms with Gasteiger partial charge < -0.3 is 10.1 Å². The molecule has 1 aliphatic rings.